The molecule has 0 saturated carbocycles. The third kappa shape index (κ3) is 5.36. The summed E-state index contributed by atoms with van der Waals surface area (Å²) in [6.07, 6.45) is 0. The quantitative estimate of drug-likeness (QED) is 0.162. The van der Waals surface area contributed by atoms with Crippen molar-refractivity contribution in [1.29, 1.82) is 0 Å². The van der Waals surface area contributed by atoms with Gasteiger partial charge >= 0.3 is 0 Å². The van der Waals surface area contributed by atoms with E-state index < -0.39 is 0 Å². The highest BCUT2D eigenvalue weighted by Gasteiger charge is 2.21. The second kappa shape index (κ2) is 13.9. The zero-order chi connectivity index (χ0) is 42.6. The summed E-state index contributed by atoms with van der Waals surface area (Å²) >= 11 is 0. The number of hydrogen-bond acceptors (Lipinski definition) is 2. The molecule has 0 aliphatic carbocycles. The molecule has 0 atom stereocenters. The average molecular weight is 828 g/mol. The maximum atomic E-state index is 6.58. The summed E-state index contributed by atoms with van der Waals surface area (Å²) in [7, 11) is 0. The Kier molecular flexibility index (Phi) is 7.69. The fourth-order valence-electron chi connectivity index (χ4n) is 10.7. The molecule has 0 aliphatic heterocycles. The molecular weight excluding hydrogens is 791 g/mol. The Balaban J connectivity index is 1.000. The SMILES string of the molecule is c1ccc(-c2c3ccccc3c(-c3ccc(-n4c5cc(-c6cccc7c6oc6ccccc67)ccc5c5ccc(-c6cccc7c6oc6ccccc67)cc54)cc3)c3ccccc23)cc1. The van der Waals surface area contributed by atoms with Gasteiger partial charge in [-0.05, 0) is 91.3 Å². The van der Waals surface area contributed by atoms with Gasteiger partial charge in [0.2, 0.25) is 0 Å². The molecule has 3 aromatic heterocycles. The van der Waals surface area contributed by atoms with Gasteiger partial charge in [0.25, 0.3) is 0 Å². The van der Waals surface area contributed by atoms with E-state index in [2.05, 4.69) is 217 Å². The van der Waals surface area contributed by atoms with Crippen LogP contribution in [0.2, 0.25) is 0 Å². The number of benzene rings is 11. The van der Waals surface area contributed by atoms with E-state index in [1.165, 1.54) is 54.6 Å². The van der Waals surface area contributed by atoms with Crippen LogP contribution in [0.25, 0.3) is 137 Å². The zero-order valence-electron chi connectivity index (χ0n) is 35.1. The van der Waals surface area contributed by atoms with Gasteiger partial charge in [-0.2, -0.15) is 0 Å². The molecule has 0 unspecified atom stereocenters. The van der Waals surface area contributed by atoms with Crippen LogP contribution in [0.4, 0.5) is 0 Å². The highest BCUT2D eigenvalue weighted by atomic mass is 16.3. The maximum absolute atomic E-state index is 6.58. The number of para-hydroxylation sites is 4. The normalized spacial score (nSPS) is 12.0. The third-order valence-corrected chi connectivity index (χ3v) is 13.6. The number of furan rings is 2. The fourth-order valence-corrected chi connectivity index (χ4v) is 10.7. The Hall–Kier alpha value is -8.66. The van der Waals surface area contributed by atoms with E-state index in [0.29, 0.717) is 0 Å². The minimum absolute atomic E-state index is 0.896. The van der Waals surface area contributed by atoms with E-state index in [4.69, 9.17) is 8.83 Å². The minimum atomic E-state index is 0.896. The van der Waals surface area contributed by atoms with Crippen molar-refractivity contribution in [2.75, 3.05) is 0 Å². The molecule has 65 heavy (non-hydrogen) atoms. The van der Waals surface area contributed by atoms with E-state index in [0.717, 1.165) is 82.9 Å². The summed E-state index contributed by atoms with van der Waals surface area (Å²) in [4.78, 5) is 0. The van der Waals surface area contributed by atoms with Crippen LogP contribution in [0.5, 0.6) is 0 Å². The lowest BCUT2D eigenvalue weighted by Gasteiger charge is -2.18. The van der Waals surface area contributed by atoms with Crippen LogP contribution in [0.3, 0.4) is 0 Å². The predicted octanol–water partition coefficient (Wildman–Crippen LogP) is 17.6. The van der Waals surface area contributed by atoms with E-state index in [1.54, 1.807) is 0 Å². The average Bonchev–Trinajstić information content (AvgIpc) is 4.05. The van der Waals surface area contributed by atoms with Crippen LogP contribution in [0.15, 0.2) is 233 Å². The molecule has 3 heterocycles. The molecule has 14 aromatic rings. The molecule has 0 aliphatic rings. The van der Waals surface area contributed by atoms with Crippen molar-refractivity contribution in [3.05, 3.63) is 224 Å². The second-order valence-corrected chi connectivity index (χ2v) is 17.1. The van der Waals surface area contributed by atoms with E-state index in [9.17, 15) is 0 Å². The summed E-state index contributed by atoms with van der Waals surface area (Å²) in [5.74, 6) is 0. The number of rotatable bonds is 5. The number of fused-ring (bicyclic) bond motifs is 11. The van der Waals surface area contributed by atoms with Gasteiger partial charge in [-0.25, -0.2) is 0 Å². The fraction of sp³-hybridized carbons (Fsp3) is 0. The lowest BCUT2D eigenvalue weighted by Crippen LogP contribution is -1.95. The van der Waals surface area contributed by atoms with Crippen molar-refractivity contribution >= 4 is 87.2 Å². The summed E-state index contributed by atoms with van der Waals surface area (Å²) < 4.78 is 15.6. The van der Waals surface area contributed by atoms with Gasteiger partial charge in [0.1, 0.15) is 22.3 Å². The molecule has 0 N–H and O–H groups in total. The smallest absolute Gasteiger partial charge is 0.143 e. The van der Waals surface area contributed by atoms with Crippen molar-refractivity contribution in [2.45, 2.75) is 0 Å². The predicted molar refractivity (Wildman–Crippen MR) is 272 cm³/mol. The molecule has 302 valence electrons. The first-order chi connectivity index (χ1) is 32.2. The van der Waals surface area contributed by atoms with Gasteiger partial charge in [-0.1, -0.05) is 188 Å². The lowest BCUT2D eigenvalue weighted by atomic mass is 9.86. The zero-order valence-corrected chi connectivity index (χ0v) is 35.1. The first-order valence-corrected chi connectivity index (χ1v) is 22.2. The number of nitrogens with zero attached hydrogens (tertiary/aromatic N) is 1. The van der Waals surface area contributed by atoms with Crippen molar-refractivity contribution in [1.82, 2.24) is 4.57 Å². The maximum Gasteiger partial charge on any atom is 0.143 e. The molecule has 0 saturated heterocycles. The summed E-state index contributed by atoms with van der Waals surface area (Å²) in [6, 6.07) is 81.0. The van der Waals surface area contributed by atoms with Gasteiger partial charge in [0.15, 0.2) is 0 Å². The topological polar surface area (TPSA) is 31.2 Å². The van der Waals surface area contributed by atoms with E-state index in [-0.39, 0.29) is 0 Å². The second-order valence-electron chi connectivity index (χ2n) is 17.1. The van der Waals surface area contributed by atoms with Crippen LogP contribution in [-0.2, 0) is 0 Å². The Bertz CT molecular complexity index is 4000. The van der Waals surface area contributed by atoms with Crippen LogP contribution in [0, 0.1) is 0 Å². The van der Waals surface area contributed by atoms with Crippen LogP contribution < -0.4 is 0 Å². The molecule has 0 bridgehead atoms. The van der Waals surface area contributed by atoms with E-state index >= 15 is 0 Å². The lowest BCUT2D eigenvalue weighted by molar-refractivity contribution is 0.669. The Labute approximate surface area is 373 Å². The van der Waals surface area contributed by atoms with E-state index in [1.807, 2.05) is 12.1 Å². The third-order valence-electron chi connectivity index (χ3n) is 13.6. The van der Waals surface area contributed by atoms with Gasteiger partial charge in [0, 0.05) is 49.1 Å². The van der Waals surface area contributed by atoms with Gasteiger partial charge < -0.3 is 13.4 Å². The minimum Gasteiger partial charge on any atom is -0.455 e. The Morgan fingerprint density at radius 1 is 0.262 bits per heavy atom. The number of hydrogen-bond donors (Lipinski definition) is 0. The summed E-state index contributed by atoms with van der Waals surface area (Å²) in [5.41, 5.74) is 16.2. The first kappa shape index (κ1) is 35.9. The highest BCUT2D eigenvalue weighted by Crippen LogP contribution is 2.45. The monoisotopic (exact) mass is 827 g/mol. The molecule has 11 aromatic carbocycles. The first-order valence-electron chi connectivity index (χ1n) is 22.2. The molecule has 3 heteroatoms. The molecule has 14 rings (SSSR count). The molecule has 3 nitrogen and oxygen atoms in total. The standard InChI is InChI=1S/C62H37NO2/c1-2-14-38(15-3-1)59-49-18-4-6-20-51(49)60(52-21-7-5-19-50(52)59)39-28-32-42(33-29-39)63-55-36-40(43-22-12-24-53-47-16-8-10-26-57(47)64-61(43)53)30-34-45(55)46-35-31-41(37-56(46)63)44-23-13-25-54-48-17-9-11-27-58(48)65-62(44)54/h1-37H. The largest absolute Gasteiger partial charge is 0.455 e. The van der Waals surface area contributed by atoms with Crippen LogP contribution >= 0.6 is 0 Å². The van der Waals surface area contributed by atoms with Gasteiger partial charge in [0.05, 0.1) is 11.0 Å². The van der Waals surface area contributed by atoms with Gasteiger partial charge in [-0.3, -0.25) is 0 Å². The van der Waals surface area contributed by atoms with Crippen molar-refractivity contribution in [2.24, 2.45) is 0 Å². The molecule has 0 amide bonds. The highest BCUT2D eigenvalue weighted by molar-refractivity contribution is 6.22. The molecule has 0 spiro atoms. The van der Waals surface area contributed by atoms with Crippen molar-refractivity contribution in [3.63, 3.8) is 0 Å². The Morgan fingerprint density at radius 3 is 1.12 bits per heavy atom. The van der Waals surface area contributed by atoms with Crippen LogP contribution in [0.1, 0.15) is 0 Å². The summed E-state index contributed by atoms with van der Waals surface area (Å²) in [6.45, 7) is 0. The molecule has 0 radical (unpaired) electrons. The van der Waals surface area contributed by atoms with Crippen molar-refractivity contribution in [3.8, 4) is 50.2 Å². The Morgan fingerprint density at radius 2 is 0.646 bits per heavy atom. The molecular formula is C62H37NO2. The van der Waals surface area contributed by atoms with Crippen molar-refractivity contribution < 1.29 is 8.83 Å². The summed E-state index contributed by atoms with van der Waals surface area (Å²) in [5, 5.41) is 11.8. The molecule has 0 fully saturated rings. The van der Waals surface area contributed by atoms with Crippen LogP contribution in [-0.4, -0.2) is 4.57 Å². The number of aromatic nitrogens is 1. The van der Waals surface area contributed by atoms with Gasteiger partial charge in [-0.15, -0.1) is 0 Å².